The topological polar surface area (TPSA) is 111 Å². The van der Waals surface area contributed by atoms with Gasteiger partial charge in [0.05, 0.1) is 33.8 Å². The standard InChI is InChI=1S/C75H149N2O7P/c1-7-10-13-16-19-22-25-27-29-31-33-35-37-38-40-41-43-45-47-49-52-55-58-61-64-67-74(78)76-72(71-83-85(80,81)82-70-69-77(4,5)6)73(66-63-60-57-54-51-24-21-18-15-12-9-3)84-75(79)68-65-62-59-56-53-50-48-46-44-42-39-36-34-32-30-28-26-23-20-17-14-11-8-2/h63,66,72-73H,7-62,64-65,67-71H2,1-6H3,(H-,76,78,80,81)/p+1/b66-63+. The van der Waals surface area contributed by atoms with Crippen LogP contribution >= 0.6 is 7.82 Å². The summed E-state index contributed by atoms with van der Waals surface area (Å²) >= 11 is 0. The molecular formula is C75H150N2O7P+. The Bertz CT molecular complexity index is 1450. The number of ether oxygens (including phenoxy) is 1. The summed E-state index contributed by atoms with van der Waals surface area (Å²) in [7, 11) is 1.53. The lowest BCUT2D eigenvalue weighted by Crippen LogP contribution is -2.47. The number of quaternary nitrogens is 1. The molecule has 2 N–H and O–H groups in total. The fourth-order valence-corrected chi connectivity index (χ4v) is 12.6. The van der Waals surface area contributed by atoms with E-state index in [4.69, 9.17) is 13.8 Å². The summed E-state index contributed by atoms with van der Waals surface area (Å²) in [6, 6.07) is -0.841. The lowest BCUT2D eigenvalue weighted by Gasteiger charge is -2.27. The Labute approximate surface area is 531 Å². The molecule has 85 heavy (non-hydrogen) atoms. The number of nitrogens with zero attached hydrogens (tertiary/aromatic N) is 1. The van der Waals surface area contributed by atoms with Gasteiger partial charge in [0.15, 0.2) is 0 Å². The lowest BCUT2D eigenvalue weighted by atomic mass is 10.0. The second kappa shape index (κ2) is 65.7. The van der Waals surface area contributed by atoms with E-state index in [1.165, 1.54) is 315 Å². The van der Waals surface area contributed by atoms with Gasteiger partial charge in [-0.3, -0.25) is 18.6 Å². The van der Waals surface area contributed by atoms with E-state index in [0.29, 0.717) is 23.9 Å². The summed E-state index contributed by atoms with van der Waals surface area (Å²) in [6.45, 7) is 7.10. The van der Waals surface area contributed by atoms with Crippen LogP contribution in [0.3, 0.4) is 0 Å². The minimum absolute atomic E-state index is 0.0461. The number of phosphoric acid groups is 1. The first kappa shape index (κ1) is 83.8. The number of hydrogen-bond donors (Lipinski definition) is 2. The van der Waals surface area contributed by atoms with Crippen molar-refractivity contribution in [2.24, 2.45) is 0 Å². The van der Waals surface area contributed by atoms with E-state index >= 15 is 0 Å². The zero-order valence-electron chi connectivity index (χ0n) is 58.1. The Morgan fingerprint density at radius 1 is 0.400 bits per heavy atom. The van der Waals surface area contributed by atoms with Gasteiger partial charge in [0.25, 0.3) is 0 Å². The van der Waals surface area contributed by atoms with Gasteiger partial charge in [0.2, 0.25) is 5.91 Å². The van der Waals surface area contributed by atoms with Crippen molar-refractivity contribution in [1.29, 1.82) is 0 Å². The van der Waals surface area contributed by atoms with Crippen molar-refractivity contribution in [2.75, 3.05) is 40.9 Å². The van der Waals surface area contributed by atoms with Crippen molar-refractivity contribution in [3.8, 4) is 0 Å². The van der Waals surface area contributed by atoms with E-state index in [1.54, 1.807) is 0 Å². The number of hydrogen-bond acceptors (Lipinski definition) is 6. The van der Waals surface area contributed by atoms with Crippen LogP contribution in [0.15, 0.2) is 12.2 Å². The highest BCUT2D eigenvalue weighted by molar-refractivity contribution is 7.47. The maximum atomic E-state index is 13.6. The second-order valence-electron chi connectivity index (χ2n) is 27.5. The number of rotatable bonds is 71. The SMILES string of the molecule is CCCCCCCCCCC/C=C/C(OC(=O)CCCCCCCCCCCCCCCCCCCCCCCCC)C(COP(=O)(O)OCC[N+](C)(C)C)NC(=O)CCCCCCCCCCCCCCCCCCCCCCCCCCC. The highest BCUT2D eigenvalue weighted by Gasteiger charge is 2.30. The number of phosphoric ester groups is 1. The maximum Gasteiger partial charge on any atom is 0.472 e. The third kappa shape index (κ3) is 67.0. The monoisotopic (exact) mass is 1220 g/mol. The number of carbonyl (C=O) groups is 2. The van der Waals surface area contributed by atoms with Gasteiger partial charge in [-0.15, -0.1) is 0 Å². The summed E-state index contributed by atoms with van der Waals surface area (Å²) in [5.74, 6) is -0.475. The molecule has 0 spiro atoms. The molecule has 0 fully saturated rings. The van der Waals surface area contributed by atoms with Crippen molar-refractivity contribution in [2.45, 2.75) is 418 Å². The molecule has 0 radical (unpaired) electrons. The lowest BCUT2D eigenvalue weighted by molar-refractivity contribution is -0.870. The highest BCUT2D eigenvalue weighted by atomic mass is 31.2. The summed E-state index contributed by atoms with van der Waals surface area (Å²) in [5, 5.41) is 3.08. The Morgan fingerprint density at radius 2 is 0.671 bits per heavy atom. The van der Waals surface area contributed by atoms with E-state index in [2.05, 4.69) is 32.2 Å². The van der Waals surface area contributed by atoms with Crippen LogP contribution in [0.4, 0.5) is 0 Å². The summed E-state index contributed by atoms with van der Waals surface area (Å²) in [5.41, 5.74) is 0. The highest BCUT2D eigenvalue weighted by Crippen LogP contribution is 2.43. The fraction of sp³-hybridized carbons (Fsp3) is 0.947. The second-order valence-corrected chi connectivity index (χ2v) is 29.0. The van der Waals surface area contributed by atoms with E-state index in [1.807, 2.05) is 27.2 Å². The van der Waals surface area contributed by atoms with Crippen LogP contribution in [0, 0.1) is 0 Å². The molecule has 0 aromatic carbocycles. The Balaban J connectivity index is 4.89. The van der Waals surface area contributed by atoms with Gasteiger partial charge in [0, 0.05) is 12.8 Å². The van der Waals surface area contributed by atoms with Crippen molar-refractivity contribution < 1.29 is 37.3 Å². The third-order valence-electron chi connectivity index (χ3n) is 17.7. The molecule has 9 nitrogen and oxygen atoms in total. The van der Waals surface area contributed by atoms with Gasteiger partial charge in [-0.25, -0.2) is 4.57 Å². The first-order valence-electron chi connectivity index (χ1n) is 38.0. The molecular weight excluding hydrogens is 1070 g/mol. The zero-order valence-corrected chi connectivity index (χ0v) is 59.0. The van der Waals surface area contributed by atoms with Crippen LogP contribution in [0.25, 0.3) is 0 Å². The van der Waals surface area contributed by atoms with Gasteiger partial charge in [-0.2, -0.15) is 0 Å². The number of esters is 1. The zero-order chi connectivity index (χ0) is 62.1. The molecule has 0 bridgehead atoms. The first-order chi connectivity index (χ1) is 41.4. The number of amides is 1. The summed E-state index contributed by atoms with van der Waals surface area (Å²) < 4.78 is 30.9. The smallest absolute Gasteiger partial charge is 0.456 e. The molecule has 0 aliphatic carbocycles. The van der Waals surface area contributed by atoms with Crippen molar-refractivity contribution >= 4 is 19.7 Å². The summed E-state index contributed by atoms with van der Waals surface area (Å²) in [6.07, 6.45) is 79.6. The Kier molecular flexibility index (Phi) is 64.7. The summed E-state index contributed by atoms with van der Waals surface area (Å²) in [4.78, 5) is 37.9. The largest absolute Gasteiger partial charge is 0.472 e. The molecule has 10 heteroatoms. The predicted molar refractivity (Wildman–Crippen MR) is 370 cm³/mol. The quantitative estimate of drug-likeness (QED) is 0.0205. The average molecular weight is 1220 g/mol. The van der Waals surface area contributed by atoms with Gasteiger partial charge < -0.3 is 19.4 Å². The molecule has 506 valence electrons. The number of unbranched alkanes of at least 4 members (excludes halogenated alkanes) is 55. The average Bonchev–Trinajstić information content (AvgIpc) is 3.62. The van der Waals surface area contributed by atoms with Crippen molar-refractivity contribution in [1.82, 2.24) is 5.32 Å². The molecule has 0 aromatic heterocycles. The van der Waals surface area contributed by atoms with E-state index in [-0.39, 0.29) is 25.1 Å². The first-order valence-corrected chi connectivity index (χ1v) is 39.5. The number of likely N-dealkylation sites (N-methyl/N-ethyl adjacent to an activating group) is 1. The minimum atomic E-state index is -4.45. The molecule has 0 aromatic rings. The Hall–Kier alpha value is -1.25. The van der Waals surface area contributed by atoms with Crippen LogP contribution in [-0.4, -0.2) is 74.3 Å². The van der Waals surface area contributed by atoms with E-state index in [9.17, 15) is 19.0 Å². The normalized spacial score (nSPS) is 13.4. The number of nitrogens with one attached hydrogen (secondary N) is 1. The van der Waals surface area contributed by atoms with Gasteiger partial charge in [-0.1, -0.05) is 374 Å². The fourth-order valence-electron chi connectivity index (χ4n) is 11.9. The van der Waals surface area contributed by atoms with Crippen LogP contribution in [-0.2, 0) is 27.9 Å². The minimum Gasteiger partial charge on any atom is -0.456 e. The van der Waals surface area contributed by atoms with Crippen LogP contribution < -0.4 is 5.32 Å². The molecule has 1 amide bonds. The predicted octanol–water partition coefficient (Wildman–Crippen LogP) is 24.2. The molecule has 0 heterocycles. The molecule has 0 saturated carbocycles. The van der Waals surface area contributed by atoms with E-state index in [0.717, 1.165) is 57.8 Å². The third-order valence-corrected chi connectivity index (χ3v) is 18.7. The van der Waals surface area contributed by atoms with Gasteiger partial charge >= 0.3 is 13.8 Å². The van der Waals surface area contributed by atoms with Gasteiger partial charge in [-0.05, 0) is 31.8 Å². The Morgan fingerprint density at radius 3 is 0.965 bits per heavy atom. The van der Waals surface area contributed by atoms with Gasteiger partial charge in [0.1, 0.15) is 19.3 Å². The molecule has 3 atom stereocenters. The van der Waals surface area contributed by atoms with Crippen LogP contribution in [0.2, 0.25) is 0 Å². The molecule has 0 aliphatic rings. The molecule has 0 aliphatic heterocycles. The van der Waals surface area contributed by atoms with Crippen molar-refractivity contribution in [3.05, 3.63) is 12.2 Å². The van der Waals surface area contributed by atoms with Crippen molar-refractivity contribution in [3.63, 3.8) is 0 Å². The number of allylic oxidation sites excluding steroid dienone is 1. The number of carbonyl (C=O) groups excluding carboxylic acids is 2. The maximum absolute atomic E-state index is 13.6. The van der Waals surface area contributed by atoms with Crippen LogP contribution in [0.5, 0.6) is 0 Å². The molecule has 0 rings (SSSR count). The van der Waals surface area contributed by atoms with Crippen LogP contribution in [0.1, 0.15) is 406 Å². The molecule has 0 saturated heterocycles. The van der Waals surface area contributed by atoms with E-state index < -0.39 is 20.0 Å². The molecule has 3 unspecified atom stereocenters.